The molecule has 0 aliphatic carbocycles. The molecule has 1 aliphatic rings. The van der Waals surface area contributed by atoms with Gasteiger partial charge in [-0.15, -0.1) is 0 Å². The molecule has 1 fully saturated rings. The maximum atomic E-state index is 12.6. The van der Waals surface area contributed by atoms with Gasteiger partial charge in [-0.05, 0) is 24.6 Å². The predicted molar refractivity (Wildman–Crippen MR) is 77.9 cm³/mol. The number of aliphatic hydroxyl groups is 2. The number of hydrogen-bond acceptors (Lipinski definition) is 4. The van der Waals surface area contributed by atoms with E-state index in [9.17, 15) is 9.90 Å². The molecule has 0 saturated carbocycles. The Balaban J connectivity index is 2.26. The van der Waals surface area contributed by atoms with Gasteiger partial charge < -0.3 is 19.8 Å². The maximum absolute atomic E-state index is 12.6. The van der Waals surface area contributed by atoms with E-state index in [0.717, 1.165) is 11.1 Å². The molecule has 1 atom stereocenters. The standard InChI is InChI=1S/C16H19NO4/c1-12-4-5-14(9-13(12)3-2-7-18)16(20)17-6-8-21-11-15(17)10-19/h4-5,9,15,18-19H,6-8,10-11H2,1H3. The van der Waals surface area contributed by atoms with E-state index in [4.69, 9.17) is 9.84 Å². The van der Waals surface area contributed by atoms with E-state index >= 15 is 0 Å². The Bertz CT molecular complexity index is 573. The number of aryl methyl sites for hydroxylation is 1. The maximum Gasteiger partial charge on any atom is 0.254 e. The van der Waals surface area contributed by atoms with Gasteiger partial charge in [0.25, 0.3) is 5.91 Å². The summed E-state index contributed by atoms with van der Waals surface area (Å²) in [6, 6.07) is 5.01. The summed E-state index contributed by atoms with van der Waals surface area (Å²) in [5, 5.41) is 18.1. The monoisotopic (exact) mass is 289 g/mol. The number of nitrogens with zero attached hydrogens (tertiary/aromatic N) is 1. The molecule has 1 amide bonds. The van der Waals surface area contributed by atoms with E-state index in [1.54, 1.807) is 17.0 Å². The summed E-state index contributed by atoms with van der Waals surface area (Å²) in [7, 11) is 0. The Morgan fingerprint density at radius 1 is 1.48 bits per heavy atom. The molecule has 0 spiro atoms. The minimum Gasteiger partial charge on any atom is -0.394 e. The largest absolute Gasteiger partial charge is 0.394 e. The third-order valence-electron chi connectivity index (χ3n) is 3.49. The lowest BCUT2D eigenvalue weighted by atomic mass is 10.0. The van der Waals surface area contributed by atoms with Crippen LogP contribution >= 0.6 is 0 Å². The van der Waals surface area contributed by atoms with Crippen molar-refractivity contribution in [1.82, 2.24) is 4.90 Å². The van der Waals surface area contributed by atoms with Gasteiger partial charge in [0.05, 0.1) is 25.9 Å². The van der Waals surface area contributed by atoms with Gasteiger partial charge in [0, 0.05) is 17.7 Å². The number of morpholine rings is 1. The van der Waals surface area contributed by atoms with Crippen LogP contribution < -0.4 is 0 Å². The van der Waals surface area contributed by atoms with Gasteiger partial charge in [-0.1, -0.05) is 17.9 Å². The summed E-state index contributed by atoms with van der Waals surface area (Å²) in [5.41, 5.74) is 2.21. The first-order valence-corrected chi connectivity index (χ1v) is 6.87. The van der Waals surface area contributed by atoms with Gasteiger partial charge in [0.2, 0.25) is 0 Å². The molecular formula is C16H19NO4. The first kappa shape index (κ1) is 15.5. The number of rotatable bonds is 2. The fraction of sp³-hybridized carbons (Fsp3) is 0.438. The highest BCUT2D eigenvalue weighted by atomic mass is 16.5. The lowest BCUT2D eigenvalue weighted by Crippen LogP contribution is -2.50. The number of hydrogen-bond donors (Lipinski definition) is 2. The number of amides is 1. The number of carbonyl (C=O) groups is 1. The van der Waals surface area contributed by atoms with Crippen LogP contribution in [0.2, 0.25) is 0 Å². The molecule has 1 unspecified atom stereocenters. The van der Waals surface area contributed by atoms with E-state index in [0.29, 0.717) is 25.3 Å². The fourth-order valence-corrected chi connectivity index (χ4v) is 2.26. The molecule has 112 valence electrons. The first-order chi connectivity index (χ1) is 10.2. The zero-order valence-corrected chi connectivity index (χ0v) is 12.0. The van der Waals surface area contributed by atoms with Crippen LogP contribution in [0.15, 0.2) is 18.2 Å². The van der Waals surface area contributed by atoms with Crippen LogP contribution in [0.25, 0.3) is 0 Å². The highest BCUT2D eigenvalue weighted by Crippen LogP contribution is 2.16. The molecular weight excluding hydrogens is 270 g/mol. The minimum atomic E-state index is -0.306. The van der Waals surface area contributed by atoms with Gasteiger partial charge in [0.1, 0.15) is 6.61 Å². The fourth-order valence-electron chi connectivity index (χ4n) is 2.26. The third-order valence-corrected chi connectivity index (χ3v) is 3.49. The van der Waals surface area contributed by atoms with Gasteiger partial charge in [0.15, 0.2) is 0 Å². The van der Waals surface area contributed by atoms with Crippen molar-refractivity contribution in [2.45, 2.75) is 13.0 Å². The summed E-state index contributed by atoms with van der Waals surface area (Å²) in [6.45, 7) is 2.87. The van der Waals surface area contributed by atoms with Crippen molar-refractivity contribution in [2.24, 2.45) is 0 Å². The van der Waals surface area contributed by atoms with Crippen LogP contribution in [-0.4, -0.2) is 60.0 Å². The first-order valence-electron chi connectivity index (χ1n) is 6.87. The second-order valence-corrected chi connectivity index (χ2v) is 4.90. The topological polar surface area (TPSA) is 70.0 Å². The van der Waals surface area contributed by atoms with Crippen LogP contribution in [0, 0.1) is 18.8 Å². The van der Waals surface area contributed by atoms with Crippen molar-refractivity contribution < 1.29 is 19.7 Å². The molecule has 5 heteroatoms. The smallest absolute Gasteiger partial charge is 0.254 e. The summed E-state index contributed by atoms with van der Waals surface area (Å²) in [5.74, 6) is 5.30. The van der Waals surface area contributed by atoms with Gasteiger partial charge >= 0.3 is 0 Å². The summed E-state index contributed by atoms with van der Waals surface area (Å²) in [4.78, 5) is 14.2. The quantitative estimate of drug-likeness (QED) is 0.762. The van der Waals surface area contributed by atoms with Crippen LogP contribution in [0.3, 0.4) is 0 Å². The summed E-state index contributed by atoms with van der Waals surface area (Å²) in [6.07, 6.45) is 0. The Kier molecular flexibility index (Phi) is 5.34. The van der Waals surface area contributed by atoms with Gasteiger partial charge in [-0.2, -0.15) is 0 Å². The summed E-state index contributed by atoms with van der Waals surface area (Å²) >= 11 is 0. The number of carbonyl (C=O) groups excluding carboxylic acids is 1. The van der Waals surface area contributed by atoms with Crippen molar-refractivity contribution in [3.63, 3.8) is 0 Å². The third kappa shape index (κ3) is 3.61. The van der Waals surface area contributed by atoms with Crippen molar-refractivity contribution >= 4 is 5.91 Å². The van der Waals surface area contributed by atoms with E-state index in [-0.39, 0.29) is 25.2 Å². The number of aliphatic hydroxyl groups excluding tert-OH is 2. The lowest BCUT2D eigenvalue weighted by molar-refractivity contribution is -0.0183. The van der Waals surface area contributed by atoms with E-state index in [1.165, 1.54) is 0 Å². The average molecular weight is 289 g/mol. The van der Waals surface area contributed by atoms with E-state index in [1.807, 2.05) is 13.0 Å². The Labute approximate surface area is 124 Å². The zero-order chi connectivity index (χ0) is 15.2. The zero-order valence-electron chi connectivity index (χ0n) is 12.0. The molecule has 21 heavy (non-hydrogen) atoms. The minimum absolute atomic E-state index is 0.116. The van der Waals surface area contributed by atoms with Crippen LogP contribution in [0.4, 0.5) is 0 Å². The van der Waals surface area contributed by atoms with Crippen molar-refractivity contribution in [3.8, 4) is 11.8 Å². The van der Waals surface area contributed by atoms with Crippen LogP contribution in [0.5, 0.6) is 0 Å². The SMILES string of the molecule is Cc1ccc(C(=O)N2CCOCC2CO)cc1C#CCO. The second kappa shape index (κ2) is 7.23. The molecule has 0 bridgehead atoms. The Morgan fingerprint density at radius 3 is 3.00 bits per heavy atom. The molecule has 1 heterocycles. The van der Waals surface area contributed by atoms with Crippen LogP contribution in [-0.2, 0) is 4.74 Å². The molecule has 0 aromatic heterocycles. The van der Waals surface area contributed by atoms with E-state index in [2.05, 4.69) is 11.8 Å². The molecule has 2 N–H and O–H groups in total. The van der Waals surface area contributed by atoms with Crippen molar-refractivity contribution in [3.05, 3.63) is 34.9 Å². The molecule has 5 nitrogen and oxygen atoms in total. The Hall–Kier alpha value is -1.87. The summed E-state index contributed by atoms with van der Waals surface area (Å²) < 4.78 is 5.28. The molecule has 1 aromatic carbocycles. The highest BCUT2D eigenvalue weighted by molar-refractivity contribution is 5.95. The predicted octanol–water partition coefficient (Wildman–Crippen LogP) is 0.172. The molecule has 2 rings (SSSR count). The van der Waals surface area contributed by atoms with E-state index < -0.39 is 0 Å². The van der Waals surface area contributed by atoms with Crippen molar-refractivity contribution in [2.75, 3.05) is 33.0 Å². The second-order valence-electron chi connectivity index (χ2n) is 4.90. The number of ether oxygens (including phenoxy) is 1. The molecule has 1 aliphatic heterocycles. The Morgan fingerprint density at radius 2 is 2.29 bits per heavy atom. The molecule has 0 radical (unpaired) electrons. The van der Waals surface area contributed by atoms with Gasteiger partial charge in [-0.3, -0.25) is 4.79 Å². The van der Waals surface area contributed by atoms with Crippen LogP contribution in [0.1, 0.15) is 21.5 Å². The van der Waals surface area contributed by atoms with Crippen molar-refractivity contribution in [1.29, 1.82) is 0 Å². The molecule has 1 aromatic rings. The normalized spacial score (nSPS) is 18.0. The van der Waals surface area contributed by atoms with Gasteiger partial charge in [-0.25, -0.2) is 0 Å². The highest BCUT2D eigenvalue weighted by Gasteiger charge is 2.27. The lowest BCUT2D eigenvalue weighted by Gasteiger charge is -2.34. The average Bonchev–Trinajstić information content (AvgIpc) is 2.53. The number of benzene rings is 1. The molecule has 1 saturated heterocycles.